The lowest BCUT2D eigenvalue weighted by Gasteiger charge is -2.55. The van der Waals surface area contributed by atoms with E-state index in [-0.39, 0.29) is 29.5 Å². The van der Waals surface area contributed by atoms with Gasteiger partial charge in [-0.25, -0.2) is 0 Å². The van der Waals surface area contributed by atoms with Gasteiger partial charge in [-0.15, -0.1) is 0 Å². The lowest BCUT2D eigenvalue weighted by atomic mass is 9.50. The van der Waals surface area contributed by atoms with Crippen LogP contribution in [0.5, 0.6) is 0 Å². The summed E-state index contributed by atoms with van der Waals surface area (Å²) in [6.45, 7) is 2.39. The molecule has 0 saturated heterocycles. The molecule has 4 aliphatic carbocycles. The number of Topliss-reactive ketones (excluding diaryl/α,β-unsaturated/α-hetero) is 1. The third-order valence-corrected chi connectivity index (χ3v) is 9.74. The van der Waals surface area contributed by atoms with Gasteiger partial charge in [-0.3, -0.25) is 9.59 Å². The number of hydrogen-bond acceptors (Lipinski definition) is 5. The van der Waals surface area contributed by atoms with E-state index in [0.29, 0.717) is 18.3 Å². The Kier molecular flexibility index (Phi) is 6.29. The SMILES string of the molecule is COCC(=O)[C@@]1(OC)CC[C@H]2[C@@H]3CCC4=CC(=O)CCC4=C3[C@@H](c3ccc(N(C)C)cc3)C[C@@]21C. The van der Waals surface area contributed by atoms with Gasteiger partial charge in [0, 0.05) is 51.8 Å². The van der Waals surface area contributed by atoms with Crippen LogP contribution in [0.1, 0.15) is 63.4 Å². The number of methoxy groups -OCH3 is 2. The Labute approximate surface area is 209 Å². The number of benzene rings is 1. The molecular formula is C30H39NO4. The number of hydrogen-bond donors (Lipinski definition) is 0. The Bertz CT molecular complexity index is 1080. The third-order valence-electron chi connectivity index (χ3n) is 9.74. The fourth-order valence-corrected chi connectivity index (χ4v) is 8.11. The van der Waals surface area contributed by atoms with E-state index in [2.05, 4.69) is 50.2 Å². The molecule has 0 spiro atoms. The predicted octanol–water partition coefficient (Wildman–Crippen LogP) is 5.25. The fourth-order valence-electron chi connectivity index (χ4n) is 8.11. The largest absolute Gasteiger partial charge is 0.378 e. The molecule has 35 heavy (non-hydrogen) atoms. The van der Waals surface area contributed by atoms with Crippen molar-refractivity contribution >= 4 is 17.3 Å². The molecule has 0 unspecified atom stereocenters. The summed E-state index contributed by atoms with van der Waals surface area (Å²) >= 11 is 0. The maximum Gasteiger partial charge on any atom is 0.190 e. The Balaban J connectivity index is 1.66. The first-order valence-electron chi connectivity index (χ1n) is 13.1. The highest BCUT2D eigenvalue weighted by molar-refractivity contribution is 5.93. The third kappa shape index (κ3) is 3.65. The molecular weight excluding hydrogens is 438 g/mol. The monoisotopic (exact) mass is 477 g/mol. The maximum atomic E-state index is 13.5. The number of carbonyl (C=O) groups is 2. The number of ketones is 2. The smallest absolute Gasteiger partial charge is 0.190 e. The number of allylic oxidation sites excluding steroid dienone is 4. The van der Waals surface area contributed by atoms with Crippen LogP contribution in [0.15, 0.2) is 47.1 Å². The molecule has 1 aromatic carbocycles. The summed E-state index contributed by atoms with van der Waals surface area (Å²) in [4.78, 5) is 27.9. The van der Waals surface area contributed by atoms with Gasteiger partial charge in [0.2, 0.25) is 0 Å². The molecule has 0 amide bonds. The molecule has 2 fully saturated rings. The zero-order valence-corrected chi connectivity index (χ0v) is 21.9. The van der Waals surface area contributed by atoms with Crippen molar-refractivity contribution in [1.29, 1.82) is 0 Å². The van der Waals surface area contributed by atoms with Crippen LogP contribution in [0.3, 0.4) is 0 Å². The summed E-state index contributed by atoms with van der Waals surface area (Å²) in [5, 5.41) is 0. The molecule has 5 heteroatoms. The van der Waals surface area contributed by atoms with Crippen molar-refractivity contribution in [2.45, 2.75) is 63.4 Å². The zero-order chi connectivity index (χ0) is 25.0. The number of carbonyl (C=O) groups excluding carboxylic acids is 2. The number of nitrogens with zero attached hydrogens (tertiary/aromatic N) is 1. The molecule has 5 atom stereocenters. The van der Waals surface area contributed by atoms with E-state index in [4.69, 9.17) is 9.47 Å². The van der Waals surface area contributed by atoms with Crippen LogP contribution in [-0.2, 0) is 19.1 Å². The summed E-state index contributed by atoms with van der Waals surface area (Å²) in [6, 6.07) is 8.92. The summed E-state index contributed by atoms with van der Waals surface area (Å²) in [5.74, 6) is 1.36. The number of ether oxygens (including phenoxy) is 2. The summed E-state index contributed by atoms with van der Waals surface area (Å²) in [6.07, 6.45) is 7.99. The molecule has 0 bridgehead atoms. The van der Waals surface area contributed by atoms with Crippen molar-refractivity contribution in [3.8, 4) is 0 Å². The van der Waals surface area contributed by atoms with Gasteiger partial charge in [-0.1, -0.05) is 24.6 Å². The molecule has 5 rings (SSSR count). The van der Waals surface area contributed by atoms with E-state index in [1.807, 2.05) is 6.08 Å². The first-order chi connectivity index (χ1) is 16.8. The van der Waals surface area contributed by atoms with Gasteiger partial charge in [0.1, 0.15) is 12.2 Å². The summed E-state index contributed by atoms with van der Waals surface area (Å²) in [5.41, 5.74) is 5.63. The van der Waals surface area contributed by atoms with E-state index in [9.17, 15) is 9.59 Å². The molecule has 0 aliphatic heterocycles. The van der Waals surface area contributed by atoms with Gasteiger partial charge >= 0.3 is 0 Å². The van der Waals surface area contributed by atoms with E-state index < -0.39 is 5.60 Å². The molecule has 0 N–H and O–H groups in total. The molecule has 188 valence electrons. The summed E-state index contributed by atoms with van der Waals surface area (Å²) in [7, 11) is 7.43. The highest BCUT2D eigenvalue weighted by Gasteiger charge is 2.66. The average molecular weight is 478 g/mol. The van der Waals surface area contributed by atoms with E-state index >= 15 is 0 Å². The molecule has 0 aromatic heterocycles. The second-order valence-corrected chi connectivity index (χ2v) is 11.4. The Hall–Kier alpha value is -2.24. The molecule has 5 nitrogen and oxygen atoms in total. The van der Waals surface area contributed by atoms with Gasteiger partial charge < -0.3 is 14.4 Å². The van der Waals surface area contributed by atoms with Gasteiger partial charge in [0.15, 0.2) is 11.6 Å². The Morgan fingerprint density at radius 2 is 1.83 bits per heavy atom. The quantitative estimate of drug-likeness (QED) is 0.560. The normalized spacial score (nSPS) is 34.1. The van der Waals surface area contributed by atoms with Gasteiger partial charge in [-0.05, 0) is 85.3 Å². The van der Waals surface area contributed by atoms with Crippen molar-refractivity contribution in [1.82, 2.24) is 0 Å². The van der Waals surface area contributed by atoms with Crippen LogP contribution in [0.25, 0.3) is 0 Å². The topological polar surface area (TPSA) is 55.8 Å². The Morgan fingerprint density at radius 1 is 1.09 bits per heavy atom. The minimum Gasteiger partial charge on any atom is -0.378 e. The van der Waals surface area contributed by atoms with Crippen molar-refractivity contribution in [3.63, 3.8) is 0 Å². The van der Waals surface area contributed by atoms with E-state index in [0.717, 1.165) is 38.5 Å². The van der Waals surface area contributed by atoms with Crippen LogP contribution < -0.4 is 4.90 Å². The average Bonchev–Trinajstić information content (AvgIpc) is 3.16. The second kappa shape index (κ2) is 9.01. The van der Waals surface area contributed by atoms with Crippen molar-refractivity contribution in [2.75, 3.05) is 39.8 Å². The molecule has 2 saturated carbocycles. The zero-order valence-electron chi connectivity index (χ0n) is 21.9. The Morgan fingerprint density at radius 3 is 2.49 bits per heavy atom. The number of fused-ring (bicyclic) bond motifs is 4. The maximum absolute atomic E-state index is 13.5. The van der Waals surface area contributed by atoms with Crippen LogP contribution in [-0.4, -0.2) is 52.1 Å². The minimum atomic E-state index is -0.815. The molecule has 0 radical (unpaired) electrons. The number of rotatable bonds is 6. The number of anilines is 1. The summed E-state index contributed by atoms with van der Waals surface area (Å²) < 4.78 is 11.5. The standard InChI is InChI=1S/C30H39NO4/c1-29-17-25(19-6-9-21(10-7-19)31(2)3)28-23-13-11-22(32)16-20(23)8-12-24(28)26(29)14-15-30(29,35-5)27(33)18-34-4/h6-7,9-10,16,24-26H,8,11-15,17-18H2,1-5H3/t24-,25+,26-,29-,30-/m0/s1. The first kappa shape index (κ1) is 24.5. The van der Waals surface area contributed by atoms with Crippen molar-refractivity contribution < 1.29 is 19.1 Å². The van der Waals surface area contributed by atoms with Crippen LogP contribution in [0.4, 0.5) is 5.69 Å². The van der Waals surface area contributed by atoms with Crippen LogP contribution in [0, 0.1) is 17.3 Å². The minimum absolute atomic E-state index is 0.0740. The van der Waals surface area contributed by atoms with Gasteiger partial charge in [0.25, 0.3) is 0 Å². The second-order valence-electron chi connectivity index (χ2n) is 11.4. The lowest BCUT2D eigenvalue weighted by Crippen LogP contribution is -2.57. The van der Waals surface area contributed by atoms with Crippen LogP contribution in [0.2, 0.25) is 0 Å². The fraction of sp³-hybridized carbons (Fsp3) is 0.600. The van der Waals surface area contributed by atoms with Crippen molar-refractivity contribution in [3.05, 3.63) is 52.6 Å². The van der Waals surface area contributed by atoms with Crippen LogP contribution >= 0.6 is 0 Å². The lowest BCUT2D eigenvalue weighted by molar-refractivity contribution is -0.166. The van der Waals surface area contributed by atoms with E-state index in [1.54, 1.807) is 19.8 Å². The van der Waals surface area contributed by atoms with E-state index in [1.165, 1.54) is 22.4 Å². The molecule has 1 aromatic rings. The molecule has 4 aliphatic rings. The highest BCUT2D eigenvalue weighted by atomic mass is 16.5. The molecule has 0 heterocycles. The first-order valence-corrected chi connectivity index (χ1v) is 13.1. The van der Waals surface area contributed by atoms with Gasteiger partial charge in [0.05, 0.1) is 0 Å². The highest BCUT2D eigenvalue weighted by Crippen LogP contribution is 2.67. The predicted molar refractivity (Wildman–Crippen MR) is 138 cm³/mol. The van der Waals surface area contributed by atoms with Crippen molar-refractivity contribution in [2.24, 2.45) is 17.3 Å². The van der Waals surface area contributed by atoms with Gasteiger partial charge in [-0.2, -0.15) is 0 Å².